The zero-order valence-electron chi connectivity index (χ0n) is 10.2. The van der Waals surface area contributed by atoms with Crippen LogP contribution in [0.15, 0.2) is 0 Å². The first kappa shape index (κ1) is 15.1. The van der Waals surface area contributed by atoms with Crippen LogP contribution in [0.1, 0.15) is 40.0 Å². The third-order valence-corrected chi connectivity index (χ3v) is 2.36. The van der Waals surface area contributed by atoms with Gasteiger partial charge in [0.2, 0.25) is 0 Å². The average Bonchev–Trinajstić information content (AvgIpc) is 2.19. The Morgan fingerprint density at radius 2 is 1.33 bits per heavy atom. The maximum Gasteiger partial charge on any atom is 0.282 e. The summed E-state index contributed by atoms with van der Waals surface area (Å²) in [5.74, 6) is -0.820. The van der Waals surface area contributed by atoms with E-state index in [2.05, 4.69) is 10.2 Å². The molecule has 0 heterocycles. The maximum atomic E-state index is 5.60. The van der Waals surface area contributed by atoms with Gasteiger partial charge >= 0.3 is 0 Å². The second-order valence-electron chi connectivity index (χ2n) is 3.19. The first-order valence-corrected chi connectivity index (χ1v) is 6.51. The summed E-state index contributed by atoms with van der Waals surface area (Å²) < 4.78 is 16.8. The van der Waals surface area contributed by atoms with Gasteiger partial charge in [-0.15, -0.1) is 0 Å². The zero-order valence-corrected chi connectivity index (χ0v) is 11.2. The molecule has 3 nitrogen and oxygen atoms in total. The van der Waals surface area contributed by atoms with E-state index in [1.165, 1.54) is 0 Å². The molecule has 0 bridgehead atoms. The van der Waals surface area contributed by atoms with Crippen molar-refractivity contribution in [1.82, 2.24) is 0 Å². The van der Waals surface area contributed by atoms with Crippen LogP contribution >= 0.6 is 0 Å². The predicted octanol–water partition coefficient (Wildman–Crippen LogP) is 2.51. The Labute approximate surface area is 96.9 Å². The molecule has 0 fully saturated rings. The summed E-state index contributed by atoms with van der Waals surface area (Å²) in [6, 6.07) is 1.00. The van der Waals surface area contributed by atoms with Crippen molar-refractivity contribution in [2.45, 2.75) is 52.1 Å². The molecule has 0 atom stereocenters. The summed E-state index contributed by atoms with van der Waals surface area (Å²) >= 11 is 0. The Morgan fingerprint density at radius 3 is 1.67 bits per heavy atom. The van der Waals surface area contributed by atoms with Crippen LogP contribution in [0.25, 0.3) is 0 Å². The summed E-state index contributed by atoms with van der Waals surface area (Å²) in [5.41, 5.74) is 0. The average molecular weight is 231 g/mol. The highest BCUT2D eigenvalue weighted by atomic mass is 28.1. The van der Waals surface area contributed by atoms with Gasteiger partial charge < -0.3 is 14.2 Å². The third-order valence-electron chi connectivity index (χ3n) is 2.00. The fourth-order valence-electron chi connectivity index (χ4n) is 1.47. The Hall–Kier alpha value is 0.0969. The van der Waals surface area contributed by atoms with Gasteiger partial charge in [0.25, 0.3) is 5.97 Å². The van der Waals surface area contributed by atoms with Crippen LogP contribution in [0, 0.1) is 0 Å². The van der Waals surface area contributed by atoms with Crippen molar-refractivity contribution in [1.29, 1.82) is 0 Å². The van der Waals surface area contributed by atoms with Crippen molar-refractivity contribution in [3.63, 3.8) is 0 Å². The van der Waals surface area contributed by atoms with E-state index in [0.717, 1.165) is 25.3 Å². The Morgan fingerprint density at radius 1 is 0.867 bits per heavy atom. The molecule has 0 aliphatic rings. The molecule has 0 aromatic rings. The highest BCUT2D eigenvalue weighted by Gasteiger charge is 2.31. The minimum atomic E-state index is -0.820. The van der Waals surface area contributed by atoms with Crippen LogP contribution in [0.3, 0.4) is 0 Å². The molecule has 0 aromatic carbocycles. The minimum absolute atomic E-state index is 0.605. The monoisotopic (exact) mass is 231 g/mol. The quantitative estimate of drug-likeness (QED) is 0.328. The van der Waals surface area contributed by atoms with Gasteiger partial charge in [0, 0.05) is 36.5 Å². The van der Waals surface area contributed by atoms with Gasteiger partial charge in [0.05, 0.1) is 0 Å². The molecular formula is C11H23O3Si. The molecule has 0 amide bonds. The van der Waals surface area contributed by atoms with Crippen molar-refractivity contribution >= 4 is 10.2 Å². The lowest BCUT2D eigenvalue weighted by Crippen LogP contribution is -2.39. The van der Waals surface area contributed by atoms with E-state index in [9.17, 15) is 0 Å². The summed E-state index contributed by atoms with van der Waals surface area (Å²) in [6.45, 7) is 7.68. The number of ether oxygens (including phenoxy) is 3. The minimum Gasteiger partial charge on any atom is -0.328 e. The molecule has 4 heteroatoms. The Balaban J connectivity index is 4.18. The molecule has 0 saturated carbocycles. The summed E-state index contributed by atoms with van der Waals surface area (Å²) in [4.78, 5) is 0. The van der Waals surface area contributed by atoms with E-state index >= 15 is 0 Å². The van der Waals surface area contributed by atoms with Crippen LogP contribution in [0.5, 0.6) is 0 Å². The normalized spacial score (nSPS) is 12.0. The fraction of sp³-hybridized carbons (Fsp3) is 1.00. The van der Waals surface area contributed by atoms with E-state index in [1.54, 1.807) is 0 Å². The van der Waals surface area contributed by atoms with Crippen molar-refractivity contribution < 1.29 is 14.2 Å². The zero-order chi connectivity index (χ0) is 11.6. The van der Waals surface area contributed by atoms with Gasteiger partial charge in [-0.3, -0.25) is 0 Å². The van der Waals surface area contributed by atoms with Gasteiger partial charge in [-0.2, -0.15) is 0 Å². The largest absolute Gasteiger partial charge is 0.328 e. The smallest absolute Gasteiger partial charge is 0.282 e. The summed E-state index contributed by atoms with van der Waals surface area (Å²) in [7, 11) is 3.46. The molecule has 0 aromatic heterocycles. The molecule has 15 heavy (non-hydrogen) atoms. The highest BCUT2D eigenvalue weighted by molar-refractivity contribution is 6.08. The molecule has 0 aliphatic carbocycles. The van der Waals surface area contributed by atoms with E-state index in [1.807, 2.05) is 20.8 Å². The van der Waals surface area contributed by atoms with Crippen molar-refractivity contribution in [3.05, 3.63) is 0 Å². The van der Waals surface area contributed by atoms with Crippen molar-refractivity contribution in [2.24, 2.45) is 0 Å². The van der Waals surface area contributed by atoms with E-state index in [0.29, 0.717) is 19.8 Å². The second kappa shape index (κ2) is 9.33. The van der Waals surface area contributed by atoms with Crippen molar-refractivity contribution in [3.8, 4) is 0 Å². The molecule has 0 N–H and O–H groups in total. The molecule has 3 radical (unpaired) electrons. The van der Waals surface area contributed by atoms with E-state index in [4.69, 9.17) is 14.2 Å². The first-order chi connectivity index (χ1) is 7.24. The SMILES string of the molecule is CCOC(CCCC[Si])(OCC)OCC. The van der Waals surface area contributed by atoms with Crippen LogP contribution in [-0.4, -0.2) is 36.0 Å². The fourth-order valence-corrected chi connectivity index (χ4v) is 1.72. The molecule has 0 spiro atoms. The topological polar surface area (TPSA) is 27.7 Å². The summed E-state index contributed by atoms with van der Waals surface area (Å²) in [6.07, 6.45) is 2.92. The van der Waals surface area contributed by atoms with Gasteiger partial charge in [0.1, 0.15) is 0 Å². The van der Waals surface area contributed by atoms with Gasteiger partial charge in [0.15, 0.2) is 0 Å². The molecule has 0 aliphatic heterocycles. The predicted molar refractivity (Wildman–Crippen MR) is 62.0 cm³/mol. The highest BCUT2D eigenvalue weighted by Crippen LogP contribution is 2.23. The Bertz CT molecular complexity index is 125. The lowest BCUT2D eigenvalue weighted by atomic mass is 10.2. The van der Waals surface area contributed by atoms with Crippen LogP contribution in [-0.2, 0) is 14.2 Å². The van der Waals surface area contributed by atoms with Crippen LogP contribution < -0.4 is 0 Å². The molecular weight excluding hydrogens is 208 g/mol. The number of rotatable bonds is 10. The standard InChI is InChI=1S/C11H23O3Si/c1-4-12-11(13-5-2,14-6-3)9-7-8-10-15/h4-10H2,1-3H3. The van der Waals surface area contributed by atoms with Crippen LogP contribution in [0.2, 0.25) is 6.04 Å². The molecule has 0 rings (SSSR count). The molecule has 0 unspecified atom stereocenters. The number of hydrogen-bond donors (Lipinski definition) is 0. The van der Waals surface area contributed by atoms with E-state index in [-0.39, 0.29) is 0 Å². The molecule has 0 saturated heterocycles. The maximum absolute atomic E-state index is 5.60. The third kappa shape index (κ3) is 6.30. The Kier molecular flexibility index (Phi) is 9.39. The number of unbranched alkanes of at least 4 members (excludes halogenated alkanes) is 1. The summed E-state index contributed by atoms with van der Waals surface area (Å²) in [5, 5.41) is 0. The van der Waals surface area contributed by atoms with Gasteiger partial charge in [-0.25, -0.2) is 0 Å². The number of hydrogen-bond acceptors (Lipinski definition) is 3. The lowest BCUT2D eigenvalue weighted by molar-refractivity contribution is -0.380. The van der Waals surface area contributed by atoms with Crippen molar-refractivity contribution in [2.75, 3.05) is 19.8 Å². The lowest BCUT2D eigenvalue weighted by Gasteiger charge is -2.32. The second-order valence-corrected chi connectivity index (χ2v) is 3.69. The van der Waals surface area contributed by atoms with Gasteiger partial charge in [-0.1, -0.05) is 12.5 Å². The molecule has 89 valence electrons. The van der Waals surface area contributed by atoms with Gasteiger partial charge in [-0.05, 0) is 27.2 Å². The van der Waals surface area contributed by atoms with E-state index < -0.39 is 5.97 Å². The van der Waals surface area contributed by atoms with Crippen LogP contribution in [0.4, 0.5) is 0 Å². The first-order valence-electron chi connectivity index (χ1n) is 5.81.